The second kappa shape index (κ2) is 7.05. The maximum atomic E-state index is 12.5. The molecule has 1 unspecified atom stereocenters. The average Bonchev–Trinajstić information content (AvgIpc) is 2.54. The number of hydrogen-bond acceptors (Lipinski definition) is 3. The van der Waals surface area contributed by atoms with Crippen molar-refractivity contribution in [3.05, 3.63) is 35.9 Å². The molecule has 1 aromatic rings. The van der Waals surface area contributed by atoms with E-state index in [1.54, 1.807) is 0 Å². The number of rotatable bonds is 5. The molecule has 4 nitrogen and oxygen atoms in total. The fourth-order valence-electron chi connectivity index (χ4n) is 3.01. The summed E-state index contributed by atoms with van der Waals surface area (Å²) >= 11 is 0. The van der Waals surface area contributed by atoms with Crippen molar-refractivity contribution in [1.82, 2.24) is 5.32 Å². The Morgan fingerprint density at radius 3 is 2.57 bits per heavy atom. The first-order valence-corrected chi connectivity index (χ1v) is 7.79. The zero-order valence-electron chi connectivity index (χ0n) is 12.7. The lowest BCUT2D eigenvalue weighted by Gasteiger charge is -2.37. The van der Waals surface area contributed by atoms with Crippen molar-refractivity contribution in [2.45, 2.75) is 38.7 Å². The molecule has 0 spiro atoms. The van der Waals surface area contributed by atoms with Crippen LogP contribution in [-0.4, -0.2) is 24.1 Å². The van der Waals surface area contributed by atoms with E-state index in [0.717, 1.165) is 31.2 Å². The molecule has 4 N–H and O–H groups in total. The van der Waals surface area contributed by atoms with Crippen molar-refractivity contribution in [2.24, 2.45) is 17.1 Å². The Morgan fingerprint density at radius 2 is 2.00 bits per heavy atom. The third-order valence-corrected chi connectivity index (χ3v) is 4.74. The Labute approximate surface area is 126 Å². The van der Waals surface area contributed by atoms with Gasteiger partial charge in [0.15, 0.2) is 0 Å². The van der Waals surface area contributed by atoms with Crippen LogP contribution in [0.3, 0.4) is 0 Å². The van der Waals surface area contributed by atoms with Crippen LogP contribution in [0.4, 0.5) is 0 Å². The predicted octanol–water partition coefficient (Wildman–Crippen LogP) is 1.99. The fourth-order valence-corrected chi connectivity index (χ4v) is 3.01. The van der Waals surface area contributed by atoms with Crippen LogP contribution in [0.25, 0.3) is 0 Å². The van der Waals surface area contributed by atoms with Crippen molar-refractivity contribution >= 4 is 5.91 Å². The van der Waals surface area contributed by atoms with E-state index < -0.39 is 11.5 Å². The quantitative estimate of drug-likeness (QED) is 0.776. The van der Waals surface area contributed by atoms with Crippen LogP contribution in [0.2, 0.25) is 0 Å². The van der Waals surface area contributed by atoms with E-state index in [1.807, 2.05) is 30.3 Å². The first kappa shape index (κ1) is 16.0. The molecule has 0 radical (unpaired) electrons. The van der Waals surface area contributed by atoms with Gasteiger partial charge in [-0.2, -0.15) is 0 Å². The van der Waals surface area contributed by atoms with Gasteiger partial charge < -0.3 is 16.2 Å². The fraction of sp³-hybridized carbons (Fsp3) is 0.588. The van der Waals surface area contributed by atoms with Crippen molar-refractivity contribution < 1.29 is 9.90 Å². The topological polar surface area (TPSA) is 75.4 Å². The molecular weight excluding hydrogens is 264 g/mol. The summed E-state index contributed by atoms with van der Waals surface area (Å²) in [6.45, 7) is 2.84. The molecule has 1 fully saturated rings. The smallest absolute Gasteiger partial charge is 0.227 e. The Kier molecular flexibility index (Phi) is 5.37. The maximum absolute atomic E-state index is 12.5. The summed E-state index contributed by atoms with van der Waals surface area (Å²) in [5, 5.41) is 13.0. The van der Waals surface area contributed by atoms with Crippen molar-refractivity contribution in [3.63, 3.8) is 0 Å². The summed E-state index contributed by atoms with van der Waals surface area (Å²) in [6.07, 6.45) is 3.11. The minimum absolute atomic E-state index is 0.00752. The van der Waals surface area contributed by atoms with Gasteiger partial charge in [0.05, 0.1) is 11.5 Å². The molecule has 2 rings (SSSR count). The summed E-state index contributed by atoms with van der Waals surface area (Å²) in [5.41, 5.74) is 6.25. The highest BCUT2D eigenvalue weighted by molar-refractivity contribution is 5.83. The van der Waals surface area contributed by atoms with Gasteiger partial charge in [-0.25, -0.2) is 0 Å². The molecule has 0 bridgehead atoms. The molecule has 1 atom stereocenters. The highest BCUT2D eigenvalue weighted by Crippen LogP contribution is 2.38. The molecule has 1 aromatic carbocycles. The first-order chi connectivity index (χ1) is 10.1. The number of hydrogen-bond donors (Lipinski definition) is 3. The second-order valence-electron chi connectivity index (χ2n) is 6.30. The summed E-state index contributed by atoms with van der Waals surface area (Å²) in [5.74, 6) is 0.666. The minimum Gasteiger partial charge on any atom is -0.387 e. The SMILES string of the molecule is CC1CCC(CN)(C(=O)NCC(O)c2ccccc2)CC1. The van der Waals surface area contributed by atoms with Gasteiger partial charge >= 0.3 is 0 Å². The molecule has 1 aliphatic carbocycles. The molecule has 4 heteroatoms. The molecule has 116 valence electrons. The molecule has 21 heavy (non-hydrogen) atoms. The average molecular weight is 290 g/mol. The lowest BCUT2D eigenvalue weighted by atomic mass is 9.70. The molecule has 0 aromatic heterocycles. The van der Waals surface area contributed by atoms with Gasteiger partial charge in [0, 0.05) is 13.1 Å². The van der Waals surface area contributed by atoms with E-state index in [9.17, 15) is 9.90 Å². The van der Waals surface area contributed by atoms with Gasteiger partial charge in [0.2, 0.25) is 5.91 Å². The molecule has 1 aliphatic rings. The van der Waals surface area contributed by atoms with Crippen LogP contribution in [-0.2, 0) is 4.79 Å². The van der Waals surface area contributed by atoms with Gasteiger partial charge in [0.1, 0.15) is 0 Å². The van der Waals surface area contributed by atoms with Crippen molar-refractivity contribution in [1.29, 1.82) is 0 Å². The van der Waals surface area contributed by atoms with Gasteiger partial charge in [0.25, 0.3) is 0 Å². The van der Waals surface area contributed by atoms with Crippen LogP contribution in [0.15, 0.2) is 30.3 Å². The number of carbonyl (C=O) groups excluding carboxylic acids is 1. The van der Waals surface area contributed by atoms with E-state index >= 15 is 0 Å². The number of nitrogens with one attached hydrogen (secondary N) is 1. The van der Waals surface area contributed by atoms with E-state index in [1.165, 1.54) is 0 Å². The molecule has 1 amide bonds. The third kappa shape index (κ3) is 3.83. The van der Waals surface area contributed by atoms with Gasteiger partial charge in [-0.1, -0.05) is 37.3 Å². The van der Waals surface area contributed by atoms with Gasteiger partial charge in [-0.05, 0) is 37.2 Å². The highest BCUT2D eigenvalue weighted by Gasteiger charge is 2.39. The van der Waals surface area contributed by atoms with Gasteiger partial charge in [-0.3, -0.25) is 4.79 Å². The molecule has 0 saturated heterocycles. The molecule has 0 heterocycles. The summed E-state index contributed by atoms with van der Waals surface area (Å²) in [6, 6.07) is 9.38. The van der Waals surface area contributed by atoms with Gasteiger partial charge in [-0.15, -0.1) is 0 Å². The Balaban J connectivity index is 1.91. The van der Waals surface area contributed by atoms with Crippen LogP contribution in [0.1, 0.15) is 44.3 Å². The van der Waals surface area contributed by atoms with E-state index in [2.05, 4.69) is 12.2 Å². The molecule has 1 saturated carbocycles. The number of aliphatic hydroxyl groups excluding tert-OH is 1. The first-order valence-electron chi connectivity index (χ1n) is 7.79. The highest BCUT2D eigenvalue weighted by atomic mass is 16.3. The van der Waals surface area contributed by atoms with Crippen LogP contribution in [0, 0.1) is 11.3 Å². The third-order valence-electron chi connectivity index (χ3n) is 4.74. The predicted molar refractivity (Wildman–Crippen MR) is 83.5 cm³/mol. The van der Waals surface area contributed by atoms with E-state index in [4.69, 9.17) is 5.73 Å². The van der Waals surface area contributed by atoms with E-state index in [0.29, 0.717) is 12.5 Å². The Bertz CT molecular complexity index is 453. The zero-order chi connectivity index (χ0) is 15.3. The molecular formula is C17H26N2O2. The number of amides is 1. The summed E-state index contributed by atoms with van der Waals surface area (Å²) in [7, 11) is 0. The van der Waals surface area contributed by atoms with Crippen LogP contribution >= 0.6 is 0 Å². The van der Waals surface area contributed by atoms with Crippen molar-refractivity contribution in [2.75, 3.05) is 13.1 Å². The minimum atomic E-state index is -0.674. The number of aliphatic hydroxyl groups is 1. The normalized spacial score (nSPS) is 27.1. The van der Waals surface area contributed by atoms with Crippen LogP contribution < -0.4 is 11.1 Å². The number of benzene rings is 1. The maximum Gasteiger partial charge on any atom is 0.227 e. The molecule has 0 aliphatic heterocycles. The Morgan fingerprint density at radius 1 is 1.38 bits per heavy atom. The summed E-state index contributed by atoms with van der Waals surface area (Å²) < 4.78 is 0. The zero-order valence-corrected chi connectivity index (χ0v) is 12.7. The standard InChI is InChI=1S/C17H26N2O2/c1-13-7-9-17(12-18,10-8-13)16(21)19-11-15(20)14-5-3-2-4-6-14/h2-6,13,15,20H,7-12,18H2,1H3,(H,19,21). The number of carbonyl (C=O) groups is 1. The van der Waals surface area contributed by atoms with Crippen LogP contribution in [0.5, 0.6) is 0 Å². The largest absolute Gasteiger partial charge is 0.387 e. The monoisotopic (exact) mass is 290 g/mol. The number of nitrogens with two attached hydrogens (primary N) is 1. The Hall–Kier alpha value is -1.39. The van der Waals surface area contributed by atoms with E-state index in [-0.39, 0.29) is 12.5 Å². The lowest BCUT2D eigenvalue weighted by Crippen LogP contribution is -2.48. The summed E-state index contributed by atoms with van der Waals surface area (Å²) in [4.78, 5) is 12.5. The lowest BCUT2D eigenvalue weighted by molar-refractivity contribution is -0.133. The van der Waals surface area contributed by atoms with Crippen molar-refractivity contribution in [3.8, 4) is 0 Å². The second-order valence-corrected chi connectivity index (χ2v) is 6.30.